The maximum absolute atomic E-state index is 14.1. The molecule has 0 unspecified atom stereocenters. The molecular weight excluding hydrogens is 227 g/mol. The summed E-state index contributed by atoms with van der Waals surface area (Å²) >= 11 is 0. The smallest absolute Gasteiger partial charge is 0.146 e. The summed E-state index contributed by atoms with van der Waals surface area (Å²) in [5, 5.41) is 3.27. The van der Waals surface area contributed by atoms with Gasteiger partial charge in [-0.25, -0.2) is 4.39 Å². The van der Waals surface area contributed by atoms with E-state index in [9.17, 15) is 4.39 Å². The van der Waals surface area contributed by atoms with Crippen LogP contribution in [0.15, 0.2) is 18.2 Å². The van der Waals surface area contributed by atoms with E-state index in [2.05, 4.69) is 31.0 Å². The largest absolute Gasteiger partial charge is 0.369 e. The van der Waals surface area contributed by atoms with Gasteiger partial charge in [-0.3, -0.25) is 0 Å². The van der Waals surface area contributed by atoms with E-state index in [-0.39, 0.29) is 5.82 Å². The van der Waals surface area contributed by atoms with E-state index in [4.69, 9.17) is 0 Å². The van der Waals surface area contributed by atoms with E-state index in [1.54, 1.807) is 12.1 Å². The van der Waals surface area contributed by atoms with Crippen molar-refractivity contribution in [3.05, 3.63) is 29.6 Å². The molecule has 1 aromatic rings. The molecule has 0 aliphatic heterocycles. The molecule has 0 aliphatic rings. The number of nitrogens with one attached hydrogen (secondary N) is 1. The Morgan fingerprint density at radius 1 is 1.22 bits per heavy atom. The number of rotatable bonds is 8. The zero-order valence-corrected chi connectivity index (χ0v) is 11.8. The first-order valence-electron chi connectivity index (χ1n) is 6.97. The number of halogens is 1. The predicted octanol–water partition coefficient (Wildman–Crippen LogP) is 3.56. The fraction of sp³-hybridized carbons (Fsp3) is 0.600. The number of anilines is 1. The molecular formula is C15H25FN2. The van der Waals surface area contributed by atoms with Crippen molar-refractivity contribution in [1.29, 1.82) is 0 Å². The van der Waals surface area contributed by atoms with E-state index in [0.29, 0.717) is 0 Å². The first kappa shape index (κ1) is 15.0. The molecule has 0 saturated heterocycles. The second kappa shape index (κ2) is 8.09. The summed E-state index contributed by atoms with van der Waals surface area (Å²) in [5.74, 6) is -0.108. The van der Waals surface area contributed by atoms with Gasteiger partial charge in [0.1, 0.15) is 5.82 Å². The molecule has 0 atom stereocenters. The second-order valence-corrected chi connectivity index (χ2v) is 4.46. The van der Waals surface area contributed by atoms with Crippen molar-refractivity contribution in [2.45, 2.75) is 40.2 Å². The van der Waals surface area contributed by atoms with Crippen LogP contribution in [0.5, 0.6) is 0 Å². The third kappa shape index (κ3) is 3.98. The molecule has 102 valence electrons. The number of hydrogen-bond donors (Lipinski definition) is 1. The summed E-state index contributed by atoms with van der Waals surface area (Å²) < 4.78 is 14.1. The molecule has 18 heavy (non-hydrogen) atoms. The number of para-hydroxylation sites is 1. The highest BCUT2D eigenvalue weighted by Crippen LogP contribution is 2.24. The lowest BCUT2D eigenvalue weighted by atomic mass is 10.1. The van der Waals surface area contributed by atoms with Gasteiger partial charge in [0, 0.05) is 19.6 Å². The highest BCUT2D eigenvalue weighted by atomic mass is 19.1. The third-order valence-electron chi connectivity index (χ3n) is 3.12. The van der Waals surface area contributed by atoms with Gasteiger partial charge in [0.15, 0.2) is 0 Å². The Balaban J connectivity index is 2.94. The molecule has 1 N–H and O–H groups in total. The number of hydrogen-bond acceptors (Lipinski definition) is 2. The van der Waals surface area contributed by atoms with E-state index < -0.39 is 0 Å². The van der Waals surface area contributed by atoms with Crippen molar-refractivity contribution in [3.8, 4) is 0 Å². The maximum Gasteiger partial charge on any atom is 0.146 e. The number of benzene rings is 1. The Bertz CT molecular complexity index is 352. The molecule has 0 saturated carbocycles. The molecule has 3 heteroatoms. The van der Waals surface area contributed by atoms with Crippen LogP contribution >= 0.6 is 0 Å². The lowest BCUT2D eigenvalue weighted by Crippen LogP contribution is -2.27. The molecule has 0 aromatic heterocycles. The highest BCUT2D eigenvalue weighted by Gasteiger charge is 2.14. The minimum Gasteiger partial charge on any atom is -0.369 e. The standard InChI is InChI=1S/C15H25FN2/c1-4-7-11-18(6-3)15-13(12-17-5-2)9-8-10-14(15)16/h8-10,17H,4-7,11-12H2,1-3H3. The van der Waals surface area contributed by atoms with Crippen LogP contribution in [0.1, 0.15) is 39.2 Å². The summed E-state index contributed by atoms with van der Waals surface area (Å²) in [6.45, 7) is 9.71. The molecule has 0 bridgehead atoms. The van der Waals surface area contributed by atoms with Crippen molar-refractivity contribution in [2.24, 2.45) is 0 Å². The summed E-state index contributed by atoms with van der Waals surface area (Å²) in [6.07, 6.45) is 2.23. The SMILES string of the molecule is CCCCN(CC)c1c(F)cccc1CNCC. The van der Waals surface area contributed by atoms with Crippen LogP contribution in [0, 0.1) is 5.82 Å². The van der Waals surface area contributed by atoms with Crippen molar-refractivity contribution >= 4 is 5.69 Å². The van der Waals surface area contributed by atoms with Gasteiger partial charge in [0.2, 0.25) is 0 Å². The lowest BCUT2D eigenvalue weighted by molar-refractivity contribution is 0.607. The van der Waals surface area contributed by atoms with Gasteiger partial charge in [-0.05, 0) is 31.5 Å². The summed E-state index contributed by atoms with van der Waals surface area (Å²) in [7, 11) is 0. The van der Waals surface area contributed by atoms with Gasteiger partial charge in [-0.2, -0.15) is 0 Å². The zero-order chi connectivity index (χ0) is 13.4. The Hall–Kier alpha value is -1.09. The van der Waals surface area contributed by atoms with E-state index in [1.807, 2.05) is 6.07 Å². The van der Waals surface area contributed by atoms with Gasteiger partial charge in [0.05, 0.1) is 5.69 Å². The lowest BCUT2D eigenvalue weighted by Gasteiger charge is -2.26. The first-order chi connectivity index (χ1) is 8.74. The molecule has 0 heterocycles. The van der Waals surface area contributed by atoms with E-state index >= 15 is 0 Å². The van der Waals surface area contributed by atoms with Crippen LogP contribution in [0.25, 0.3) is 0 Å². The third-order valence-corrected chi connectivity index (χ3v) is 3.12. The predicted molar refractivity (Wildman–Crippen MR) is 76.6 cm³/mol. The summed E-state index contributed by atoms with van der Waals surface area (Å²) in [6, 6.07) is 5.36. The van der Waals surface area contributed by atoms with Crippen LogP contribution in [0.4, 0.5) is 10.1 Å². The van der Waals surface area contributed by atoms with Gasteiger partial charge in [-0.15, -0.1) is 0 Å². The quantitative estimate of drug-likeness (QED) is 0.761. The number of unbranched alkanes of at least 4 members (excludes halogenated alkanes) is 1. The molecule has 1 rings (SSSR count). The maximum atomic E-state index is 14.1. The monoisotopic (exact) mass is 252 g/mol. The molecule has 1 aromatic carbocycles. The van der Waals surface area contributed by atoms with Crippen molar-refractivity contribution < 1.29 is 4.39 Å². The van der Waals surface area contributed by atoms with Gasteiger partial charge in [-0.1, -0.05) is 32.4 Å². The summed E-state index contributed by atoms with van der Waals surface area (Å²) in [5.41, 5.74) is 1.82. The molecule has 0 spiro atoms. The molecule has 0 fully saturated rings. The number of nitrogens with zero attached hydrogens (tertiary/aromatic N) is 1. The van der Waals surface area contributed by atoms with Crippen molar-refractivity contribution in [2.75, 3.05) is 24.5 Å². The average molecular weight is 252 g/mol. The fourth-order valence-corrected chi connectivity index (χ4v) is 2.09. The van der Waals surface area contributed by atoms with Gasteiger partial charge in [0.25, 0.3) is 0 Å². The Morgan fingerprint density at radius 3 is 2.61 bits per heavy atom. The molecule has 0 aliphatic carbocycles. The Kier molecular flexibility index (Phi) is 6.73. The van der Waals surface area contributed by atoms with Crippen molar-refractivity contribution in [3.63, 3.8) is 0 Å². The van der Waals surface area contributed by atoms with Crippen LogP contribution in [-0.4, -0.2) is 19.6 Å². The minimum absolute atomic E-state index is 0.108. The van der Waals surface area contributed by atoms with Gasteiger partial charge >= 0.3 is 0 Å². The molecule has 2 nitrogen and oxygen atoms in total. The van der Waals surface area contributed by atoms with Gasteiger partial charge < -0.3 is 10.2 Å². The Labute approximate surface area is 110 Å². The normalized spacial score (nSPS) is 10.7. The fourth-order valence-electron chi connectivity index (χ4n) is 2.09. The topological polar surface area (TPSA) is 15.3 Å². The first-order valence-corrected chi connectivity index (χ1v) is 6.97. The minimum atomic E-state index is -0.108. The Morgan fingerprint density at radius 2 is 2.00 bits per heavy atom. The van der Waals surface area contributed by atoms with Crippen LogP contribution < -0.4 is 10.2 Å². The highest BCUT2D eigenvalue weighted by molar-refractivity contribution is 5.54. The second-order valence-electron chi connectivity index (χ2n) is 4.46. The zero-order valence-electron chi connectivity index (χ0n) is 11.8. The average Bonchev–Trinajstić information content (AvgIpc) is 2.39. The molecule has 0 amide bonds. The van der Waals surface area contributed by atoms with E-state index in [0.717, 1.165) is 50.3 Å². The van der Waals surface area contributed by atoms with Crippen LogP contribution in [0.3, 0.4) is 0 Å². The summed E-state index contributed by atoms with van der Waals surface area (Å²) in [4.78, 5) is 2.14. The van der Waals surface area contributed by atoms with E-state index in [1.165, 1.54) is 0 Å². The van der Waals surface area contributed by atoms with Crippen LogP contribution in [0.2, 0.25) is 0 Å². The molecule has 0 radical (unpaired) electrons. The van der Waals surface area contributed by atoms with Crippen LogP contribution in [-0.2, 0) is 6.54 Å². The van der Waals surface area contributed by atoms with Crippen molar-refractivity contribution in [1.82, 2.24) is 5.32 Å².